The summed E-state index contributed by atoms with van der Waals surface area (Å²) >= 11 is 0. The summed E-state index contributed by atoms with van der Waals surface area (Å²) in [6.45, 7) is 1.22. The number of alkyl halides is 3. The topological polar surface area (TPSA) is 73.3 Å². The van der Waals surface area contributed by atoms with Gasteiger partial charge in [-0.05, 0) is 25.0 Å². The van der Waals surface area contributed by atoms with Crippen molar-refractivity contribution in [2.45, 2.75) is 25.1 Å². The van der Waals surface area contributed by atoms with E-state index >= 15 is 0 Å². The highest BCUT2D eigenvalue weighted by Crippen LogP contribution is 2.35. The SMILES string of the molecule is Cl.O=C1C2CC=CCC2C(=O)N1CC(O)CN1CCN(c2ccccc2OCC(F)(F)F)CC1. The molecular weight excluding hydrogens is 475 g/mol. The average molecular weight is 504 g/mol. The number of fused-ring (bicyclic) bond motifs is 1. The normalized spacial score (nSPS) is 24.1. The van der Waals surface area contributed by atoms with Crippen LogP contribution in [0.2, 0.25) is 0 Å². The largest absolute Gasteiger partial charge is 0.482 e. The van der Waals surface area contributed by atoms with Crippen molar-refractivity contribution in [2.75, 3.05) is 50.8 Å². The second kappa shape index (κ2) is 11.0. The summed E-state index contributed by atoms with van der Waals surface area (Å²) in [5.74, 6) is -0.830. The number of halogens is 4. The Morgan fingerprint density at radius 3 is 2.15 bits per heavy atom. The van der Waals surface area contributed by atoms with Crippen LogP contribution in [0.3, 0.4) is 0 Å². The highest BCUT2D eigenvalue weighted by atomic mass is 35.5. The summed E-state index contributed by atoms with van der Waals surface area (Å²) in [5, 5.41) is 10.6. The predicted molar refractivity (Wildman–Crippen MR) is 122 cm³/mol. The maximum absolute atomic E-state index is 12.6. The molecule has 11 heteroatoms. The Morgan fingerprint density at radius 2 is 1.56 bits per heavy atom. The smallest absolute Gasteiger partial charge is 0.422 e. The summed E-state index contributed by atoms with van der Waals surface area (Å²) < 4.78 is 42.6. The Morgan fingerprint density at radius 1 is 0.971 bits per heavy atom. The number of amides is 2. The van der Waals surface area contributed by atoms with E-state index in [-0.39, 0.29) is 48.4 Å². The molecule has 1 aliphatic carbocycles. The Hall–Kier alpha value is -2.30. The fourth-order valence-electron chi connectivity index (χ4n) is 4.79. The first-order chi connectivity index (χ1) is 15.7. The van der Waals surface area contributed by atoms with Gasteiger partial charge in [0.15, 0.2) is 6.61 Å². The Balaban J connectivity index is 0.00000324. The van der Waals surface area contributed by atoms with Gasteiger partial charge in [-0.15, -0.1) is 12.4 Å². The lowest BCUT2D eigenvalue weighted by atomic mass is 9.85. The van der Waals surface area contributed by atoms with Crippen LogP contribution >= 0.6 is 12.4 Å². The van der Waals surface area contributed by atoms with Crippen LogP contribution in [0.25, 0.3) is 0 Å². The number of carbonyl (C=O) groups excluding carboxylic acids is 2. The molecule has 188 valence electrons. The number of piperazine rings is 1. The number of hydrogen-bond donors (Lipinski definition) is 1. The maximum atomic E-state index is 12.6. The molecule has 0 bridgehead atoms. The lowest BCUT2D eigenvalue weighted by molar-refractivity contribution is -0.153. The molecule has 4 rings (SSSR count). The number of para-hydroxylation sites is 2. The summed E-state index contributed by atoms with van der Waals surface area (Å²) in [7, 11) is 0. The second-order valence-electron chi connectivity index (χ2n) is 8.76. The number of rotatable bonds is 7. The molecule has 3 aliphatic rings. The predicted octanol–water partition coefficient (Wildman–Crippen LogP) is 2.48. The number of imide groups is 1. The van der Waals surface area contributed by atoms with Gasteiger partial charge in [0.2, 0.25) is 11.8 Å². The number of carbonyl (C=O) groups is 2. The highest BCUT2D eigenvalue weighted by Gasteiger charge is 2.47. The third-order valence-electron chi connectivity index (χ3n) is 6.43. The molecule has 3 unspecified atom stereocenters. The highest BCUT2D eigenvalue weighted by molar-refractivity contribution is 6.05. The third kappa shape index (κ3) is 6.03. The van der Waals surface area contributed by atoms with Crippen molar-refractivity contribution >= 4 is 29.9 Å². The monoisotopic (exact) mass is 503 g/mol. The van der Waals surface area contributed by atoms with Crippen LogP contribution < -0.4 is 9.64 Å². The molecule has 0 saturated carbocycles. The molecule has 2 saturated heterocycles. The number of allylic oxidation sites excluding steroid dienone is 2. The van der Waals surface area contributed by atoms with E-state index in [9.17, 15) is 27.9 Å². The number of anilines is 1. The van der Waals surface area contributed by atoms with Gasteiger partial charge < -0.3 is 14.7 Å². The Labute approximate surface area is 202 Å². The number of hydrogen-bond acceptors (Lipinski definition) is 6. The molecule has 2 heterocycles. The summed E-state index contributed by atoms with van der Waals surface area (Å²) in [5.41, 5.74) is 0.603. The van der Waals surface area contributed by atoms with Gasteiger partial charge in [-0.2, -0.15) is 13.2 Å². The van der Waals surface area contributed by atoms with Crippen LogP contribution in [-0.4, -0.2) is 84.9 Å². The van der Waals surface area contributed by atoms with Gasteiger partial charge in [0.05, 0.1) is 30.2 Å². The standard InChI is InChI=1S/C23H28F3N3O4.ClH/c24-23(25,26)15-33-20-8-4-3-7-19(20)28-11-9-27(10-12-28)13-16(30)14-29-21(31)17-5-1-2-6-18(17)22(29)32;/h1-4,7-8,16-18,30H,5-6,9-15H2;1H. The number of nitrogens with zero attached hydrogens (tertiary/aromatic N) is 3. The van der Waals surface area contributed by atoms with Gasteiger partial charge in [-0.25, -0.2) is 0 Å². The minimum atomic E-state index is -4.41. The average Bonchev–Trinajstić information content (AvgIpc) is 3.03. The van der Waals surface area contributed by atoms with E-state index in [0.717, 1.165) is 0 Å². The number of ether oxygens (including phenoxy) is 1. The first-order valence-corrected chi connectivity index (χ1v) is 11.2. The van der Waals surface area contributed by atoms with Crippen molar-refractivity contribution in [3.05, 3.63) is 36.4 Å². The molecule has 1 N–H and O–H groups in total. The number of β-amino-alcohol motifs (C(OH)–C–C–N with tert-alkyl or cyclic N) is 1. The van der Waals surface area contributed by atoms with E-state index < -0.39 is 18.9 Å². The van der Waals surface area contributed by atoms with Crippen molar-refractivity contribution in [3.63, 3.8) is 0 Å². The third-order valence-corrected chi connectivity index (χ3v) is 6.43. The van der Waals surface area contributed by atoms with Gasteiger partial charge in [0.25, 0.3) is 0 Å². The number of benzene rings is 1. The van der Waals surface area contributed by atoms with E-state index in [1.807, 2.05) is 22.0 Å². The number of aliphatic hydroxyl groups excluding tert-OH is 1. The van der Waals surface area contributed by atoms with Gasteiger partial charge in [0.1, 0.15) is 5.75 Å². The lowest BCUT2D eigenvalue weighted by Crippen LogP contribution is -2.50. The molecule has 1 aromatic carbocycles. The first kappa shape index (κ1) is 26.3. The minimum Gasteiger partial charge on any atom is -0.482 e. The summed E-state index contributed by atoms with van der Waals surface area (Å²) in [6, 6.07) is 6.64. The molecule has 2 aliphatic heterocycles. The summed E-state index contributed by atoms with van der Waals surface area (Å²) in [4.78, 5) is 30.4. The van der Waals surface area contributed by atoms with Crippen molar-refractivity contribution in [1.29, 1.82) is 0 Å². The zero-order chi connectivity index (χ0) is 23.6. The molecular formula is C23H29ClF3N3O4. The number of aliphatic hydroxyl groups is 1. The van der Waals surface area contributed by atoms with E-state index in [1.165, 1.54) is 11.0 Å². The van der Waals surface area contributed by atoms with Crippen molar-refractivity contribution in [1.82, 2.24) is 9.80 Å². The lowest BCUT2D eigenvalue weighted by Gasteiger charge is -2.37. The van der Waals surface area contributed by atoms with Gasteiger partial charge >= 0.3 is 6.18 Å². The molecule has 0 radical (unpaired) electrons. The van der Waals surface area contributed by atoms with Crippen molar-refractivity contribution in [3.8, 4) is 5.75 Å². The van der Waals surface area contributed by atoms with E-state index in [2.05, 4.69) is 0 Å². The molecule has 0 spiro atoms. The van der Waals surface area contributed by atoms with Gasteiger partial charge in [-0.3, -0.25) is 19.4 Å². The van der Waals surface area contributed by atoms with Crippen LogP contribution in [0.5, 0.6) is 5.75 Å². The first-order valence-electron chi connectivity index (χ1n) is 11.2. The molecule has 7 nitrogen and oxygen atoms in total. The number of likely N-dealkylation sites (tertiary alicyclic amines) is 1. The Bertz CT molecular complexity index is 880. The summed E-state index contributed by atoms with van der Waals surface area (Å²) in [6.07, 6.45) is -0.277. The van der Waals surface area contributed by atoms with Crippen LogP contribution in [0.1, 0.15) is 12.8 Å². The van der Waals surface area contributed by atoms with E-state index in [0.29, 0.717) is 51.3 Å². The van der Waals surface area contributed by atoms with E-state index in [4.69, 9.17) is 4.74 Å². The maximum Gasteiger partial charge on any atom is 0.422 e. The zero-order valence-electron chi connectivity index (χ0n) is 18.6. The quantitative estimate of drug-likeness (QED) is 0.455. The molecule has 2 amide bonds. The van der Waals surface area contributed by atoms with Crippen LogP contribution in [0.4, 0.5) is 18.9 Å². The molecule has 34 heavy (non-hydrogen) atoms. The van der Waals surface area contributed by atoms with Crippen LogP contribution in [-0.2, 0) is 9.59 Å². The molecule has 3 atom stereocenters. The molecule has 2 fully saturated rings. The van der Waals surface area contributed by atoms with Crippen LogP contribution in [0.15, 0.2) is 36.4 Å². The van der Waals surface area contributed by atoms with Crippen LogP contribution in [0, 0.1) is 11.8 Å². The van der Waals surface area contributed by atoms with Gasteiger partial charge in [-0.1, -0.05) is 24.3 Å². The van der Waals surface area contributed by atoms with Crippen molar-refractivity contribution < 1.29 is 32.6 Å². The Kier molecular flexibility index (Phi) is 8.48. The minimum absolute atomic E-state index is 0. The van der Waals surface area contributed by atoms with Crippen molar-refractivity contribution in [2.24, 2.45) is 11.8 Å². The zero-order valence-corrected chi connectivity index (χ0v) is 19.4. The van der Waals surface area contributed by atoms with Gasteiger partial charge in [0, 0.05) is 32.7 Å². The van der Waals surface area contributed by atoms with E-state index in [1.54, 1.807) is 18.2 Å². The fourth-order valence-corrected chi connectivity index (χ4v) is 4.79. The second-order valence-corrected chi connectivity index (χ2v) is 8.76. The molecule has 0 aromatic heterocycles. The molecule has 1 aromatic rings. The fraction of sp³-hybridized carbons (Fsp3) is 0.565.